The van der Waals surface area contributed by atoms with Crippen molar-refractivity contribution in [2.45, 2.75) is 0 Å². The standard InChI is InChI=1S/C14H8N2/c1-2-11-12(14-9(1)4-6-16-14)7-10-3-5-15-8-13(10)11/h1-8H. The molecule has 0 radical (unpaired) electrons. The zero-order valence-electron chi connectivity index (χ0n) is 8.51. The Morgan fingerprint density at radius 1 is 0.938 bits per heavy atom. The third-order valence-corrected chi connectivity index (χ3v) is 3.15. The van der Waals surface area contributed by atoms with Crippen molar-refractivity contribution in [3.05, 3.63) is 58.5 Å². The van der Waals surface area contributed by atoms with Crippen LogP contribution in [-0.4, -0.2) is 4.98 Å². The SMILES string of the molecule is C1=Cc2ccc3c(c2=N1)=Cc1ccncc1-3. The van der Waals surface area contributed by atoms with E-state index in [0.717, 1.165) is 5.36 Å². The number of aromatic nitrogens is 1. The van der Waals surface area contributed by atoms with Crippen LogP contribution in [0.4, 0.5) is 0 Å². The molecule has 1 aliphatic carbocycles. The predicted molar refractivity (Wildman–Crippen MR) is 63.1 cm³/mol. The Labute approximate surface area is 92.3 Å². The summed E-state index contributed by atoms with van der Waals surface area (Å²) >= 11 is 0. The maximum absolute atomic E-state index is 4.42. The summed E-state index contributed by atoms with van der Waals surface area (Å²) in [5.74, 6) is 0. The Balaban J connectivity index is 2.21. The fraction of sp³-hybridized carbons (Fsp3) is 0. The molecule has 2 heteroatoms. The van der Waals surface area contributed by atoms with Gasteiger partial charge in [0.2, 0.25) is 0 Å². The van der Waals surface area contributed by atoms with E-state index < -0.39 is 0 Å². The Bertz CT molecular complexity index is 755. The molecule has 0 saturated carbocycles. The number of hydrogen-bond acceptors (Lipinski definition) is 2. The summed E-state index contributed by atoms with van der Waals surface area (Å²) in [5.41, 5.74) is 4.90. The molecule has 0 saturated heterocycles. The molecule has 4 rings (SSSR count). The molecule has 0 amide bonds. The van der Waals surface area contributed by atoms with E-state index in [-0.39, 0.29) is 0 Å². The van der Waals surface area contributed by atoms with Crippen molar-refractivity contribution in [1.29, 1.82) is 0 Å². The van der Waals surface area contributed by atoms with E-state index in [2.05, 4.69) is 28.2 Å². The van der Waals surface area contributed by atoms with Gasteiger partial charge in [-0.05, 0) is 29.3 Å². The zero-order chi connectivity index (χ0) is 10.5. The molecule has 2 nitrogen and oxygen atoms in total. The van der Waals surface area contributed by atoms with Crippen molar-refractivity contribution >= 4 is 12.2 Å². The van der Waals surface area contributed by atoms with Gasteiger partial charge in [-0.15, -0.1) is 0 Å². The molecule has 0 unspecified atom stereocenters. The third kappa shape index (κ3) is 0.865. The first kappa shape index (κ1) is 7.99. The summed E-state index contributed by atoms with van der Waals surface area (Å²) in [7, 11) is 0. The number of rotatable bonds is 0. The number of nitrogens with zero attached hydrogens (tertiary/aromatic N) is 2. The largest absolute Gasteiger partial charge is 0.264 e. The quantitative estimate of drug-likeness (QED) is 0.544. The maximum atomic E-state index is 4.42. The second-order valence-electron chi connectivity index (χ2n) is 4.02. The predicted octanol–water partition coefficient (Wildman–Crippen LogP) is 1.49. The van der Waals surface area contributed by atoms with Gasteiger partial charge < -0.3 is 0 Å². The lowest BCUT2D eigenvalue weighted by molar-refractivity contribution is 1.32. The molecule has 74 valence electrons. The zero-order valence-corrected chi connectivity index (χ0v) is 8.51. The minimum absolute atomic E-state index is 1.09. The Kier molecular flexibility index (Phi) is 1.33. The molecule has 2 aromatic rings. The van der Waals surface area contributed by atoms with Gasteiger partial charge in [-0.3, -0.25) is 9.98 Å². The molecule has 0 N–H and O–H groups in total. The molecule has 0 spiro atoms. The van der Waals surface area contributed by atoms with Crippen LogP contribution < -0.4 is 10.6 Å². The summed E-state index contributed by atoms with van der Waals surface area (Å²) in [6, 6.07) is 6.32. The first-order valence-corrected chi connectivity index (χ1v) is 5.27. The normalized spacial score (nSPS) is 13.8. The van der Waals surface area contributed by atoms with Crippen LogP contribution in [0.15, 0.2) is 41.8 Å². The van der Waals surface area contributed by atoms with Crippen LogP contribution >= 0.6 is 0 Å². The lowest BCUT2D eigenvalue weighted by atomic mass is 10.1. The van der Waals surface area contributed by atoms with Crippen LogP contribution in [0, 0.1) is 0 Å². The van der Waals surface area contributed by atoms with Crippen molar-refractivity contribution in [2.75, 3.05) is 0 Å². The number of benzene rings is 1. The van der Waals surface area contributed by atoms with Gasteiger partial charge in [-0.25, -0.2) is 0 Å². The van der Waals surface area contributed by atoms with Crippen LogP contribution in [0.3, 0.4) is 0 Å². The first-order chi connectivity index (χ1) is 7.93. The van der Waals surface area contributed by atoms with Crippen LogP contribution in [0.25, 0.3) is 23.3 Å². The molecule has 16 heavy (non-hydrogen) atoms. The van der Waals surface area contributed by atoms with Crippen molar-refractivity contribution in [2.24, 2.45) is 4.99 Å². The van der Waals surface area contributed by atoms with Gasteiger partial charge in [0.05, 0.1) is 5.36 Å². The lowest BCUT2D eigenvalue weighted by Gasteiger charge is -1.99. The maximum Gasteiger partial charge on any atom is 0.0781 e. The third-order valence-electron chi connectivity index (χ3n) is 3.15. The molecule has 0 fully saturated rings. The number of fused-ring (bicyclic) bond motifs is 5. The first-order valence-electron chi connectivity index (χ1n) is 5.27. The summed E-state index contributed by atoms with van der Waals surface area (Å²) in [6.45, 7) is 0. The second kappa shape index (κ2) is 2.67. The summed E-state index contributed by atoms with van der Waals surface area (Å²) in [5, 5.41) is 2.32. The highest BCUT2D eigenvalue weighted by atomic mass is 14.7. The Morgan fingerprint density at radius 3 is 2.94 bits per heavy atom. The highest BCUT2D eigenvalue weighted by Crippen LogP contribution is 2.24. The molecule has 1 aromatic heterocycles. The van der Waals surface area contributed by atoms with Gasteiger partial charge >= 0.3 is 0 Å². The number of hydrogen-bond donors (Lipinski definition) is 0. The summed E-state index contributed by atoms with van der Waals surface area (Å²) in [4.78, 5) is 8.60. The smallest absolute Gasteiger partial charge is 0.0781 e. The fourth-order valence-corrected chi connectivity index (χ4v) is 2.39. The fourth-order valence-electron chi connectivity index (χ4n) is 2.39. The van der Waals surface area contributed by atoms with Crippen molar-refractivity contribution in [3.8, 4) is 11.1 Å². The topological polar surface area (TPSA) is 25.2 Å². The Morgan fingerprint density at radius 2 is 1.94 bits per heavy atom. The minimum Gasteiger partial charge on any atom is -0.264 e. The van der Waals surface area contributed by atoms with Gasteiger partial charge in [0.15, 0.2) is 0 Å². The minimum atomic E-state index is 1.09. The lowest BCUT2D eigenvalue weighted by Crippen LogP contribution is -2.26. The molecular weight excluding hydrogens is 196 g/mol. The van der Waals surface area contributed by atoms with E-state index in [0.29, 0.717) is 0 Å². The van der Waals surface area contributed by atoms with Crippen LogP contribution in [0.1, 0.15) is 11.1 Å². The van der Waals surface area contributed by atoms with Crippen molar-refractivity contribution in [3.63, 3.8) is 0 Å². The molecule has 0 atom stereocenters. The van der Waals surface area contributed by atoms with Gasteiger partial charge in [0.25, 0.3) is 0 Å². The highest BCUT2D eigenvalue weighted by molar-refractivity contribution is 5.82. The number of pyridine rings is 1. The average molecular weight is 204 g/mol. The van der Waals surface area contributed by atoms with Gasteiger partial charge in [0.1, 0.15) is 0 Å². The molecule has 1 aromatic carbocycles. The van der Waals surface area contributed by atoms with E-state index in [1.807, 2.05) is 30.7 Å². The van der Waals surface area contributed by atoms with Crippen LogP contribution in [-0.2, 0) is 0 Å². The molecular formula is C14H8N2. The molecule has 2 heterocycles. The van der Waals surface area contributed by atoms with E-state index in [1.165, 1.54) is 27.5 Å². The monoisotopic (exact) mass is 204 g/mol. The van der Waals surface area contributed by atoms with Crippen molar-refractivity contribution in [1.82, 2.24) is 4.98 Å². The van der Waals surface area contributed by atoms with Crippen LogP contribution in [0.5, 0.6) is 0 Å². The summed E-state index contributed by atoms with van der Waals surface area (Å²) in [6.07, 6.45) is 9.86. The molecule has 2 aliphatic rings. The van der Waals surface area contributed by atoms with Gasteiger partial charge in [0, 0.05) is 34.9 Å². The van der Waals surface area contributed by atoms with Gasteiger partial charge in [-0.2, -0.15) is 0 Å². The van der Waals surface area contributed by atoms with Crippen LogP contribution in [0.2, 0.25) is 0 Å². The van der Waals surface area contributed by atoms with E-state index in [4.69, 9.17) is 0 Å². The Hall–Kier alpha value is -2.22. The van der Waals surface area contributed by atoms with E-state index in [9.17, 15) is 0 Å². The van der Waals surface area contributed by atoms with E-state index in [1.54, 1.807) is 0 Å². The average Bonchev–Trinajstić information content (AvgIpc) is 2.92. The van der Waals surface area contributed by atoms with Crippen molar-refractivity contribution < 1.29 is 0 Å². The van der Waals surface area contributed by atoms with E-state index >= 15 is 0 Å². The highest BCUT2D eigenvalue weighted by Gasteiger charge is 2.14. The molecule has 1 aliphatic heterocycles. The van der Waals surface area contributed by atoms with Gasteiger partial charge in [-0.1, -0.05) is 12.1 Å². The molecule has 0 bridgehead atoms. The summed E-state index contributed by atoms with van der Waals surface area (Å²) < 4.78 is 0. The second-order valence-corrected chi connectivity index (χ2v) is 4.02.